The number of hydrogen-bond acceptors (Lipinski definition) is 5. The highest BCUT2D eigenvalue weighted by atomic mass is 35.5. The van der Waals surface area contributed by atoms with Gasteiger partial charge in [-0.2, -0.15) is 5.11 Å². The summed E-state index contributed by atoms with van der Waals surface area (Å²) in [6.07, 6.45) is 0. The van der Waals surface area contributed by atoms with E-state index in [0.717, 1.165) is 0 Å². The zero-order chi connectivity index (χ0) is 21.0. The van der Waals surface area contributed by atoms with Crippen LogP contribution in [0.15, 0.2) is 16.4 Å². The number of ether oxygens (including phenoxy) is 1. The molecule has 1 aromatic carbocycles. The molecule has 0 fully saturated rings. The van der Waals surface area contributed by atoms with E-state index in [4.69, 9.17) is 26.6 Å². The fourth-order valence-electron chi connectivity index (χ4n) is 2.25. The Hall–Kier alpha value is -1.51. The number of carbonyl (C=O) groups is 1. The Bertz CT molecular complexity index is 721. The predicted molar refractivity (Wildman–Crippen MR) is 108 cm³/mol. The number of halogens is 2. The van der Waals surface area contributed by atoms with Crippen molar-refractivity contribution in [2.24, 2.45) is 16.2 Å². The van der Waals surface area contributed by atoms with Crippen molar-refractivity contribution in [2.45, 2.75) is 58.8 Å². The molecule has 9 heteroatoms. The molecule has 152 valence electrons. The normalized spacial score (nSPS) is 13.8. The lowest BCUT2D eigenvalue weighted by atomic mass is 10.00. The third-order valence-electron chi connectivity index (χ3n) is 4.82. The Labute approximate surface area is 166 Å². The Morgan fingerprint density at radius 1 is 1.41 bits per heavy atom. The minimum Gasteiger partial charge on any atom is -0.493 e. The molecular weight excluding hydrogens is 389 g/mol. The van der Waals surface area contributed by atoms with Gasteiger partial charge in [0.25, 0.3) is 0 Å². The zero-order valence-corrected chi connectivity index (χ0v) is 18.8. The van der Waals surface area contributed by atoms with Gasteiger partial charge < -0.3 is 15.0 Å². The summed E-state index contributed by atoms with van der Waals surface area (Å²) in [5.41, 5.74) is 0.213. The van der Waals surface area contributed by atoms with Crippen LogP contribution in [0.4, 0.5) is 4.39 Å². The topological polar surface area (TPSA) is 86.3 Å². The number of hydrogen-bond donors (Lipinski definition) is 1. The summed E-state index contributed by atoms with van der Waals surface area (Å²) in [5, 5.41) is 7.03. The molecule has 27 heavy (non-hydrogen) atoms. The molecule has 0 aliphatic rings. The van der Waals surface area contributed by atoms with Gasteiger partial charge in [0.05, 0.1) is 29.4 Å². The van der Waals surface area contributed by atoms with Crippen LogP contribution >= 0.6 is 11.6 Å². The Balaban J connectivity index is 3.49. The first-order valence-corrected chi connectivity index (χ1v) is 12.1. The average Bonchev–Trinajstić information content (AvgIpc) is 2.54. The monoisotopic (exact) mass is 417 g/mol. The SMILES string of the molecule is CCOc1c(C(C)=O)cc(Cl)c(F)c1C(CO[Si](C)(C)C(C)(C)C)N=NN. The molecule has 0 aliphatic heterocycles. The van der Waals surface area contributed by atoms with E-state index in [1.54, 1.807) is 6.92 Å². The second kappa shape index (κ2) is 9.12. The van der Waals surface area contributed by atoms with Crippen LogP contribution in [0.1, 0.15) is 56.6 Å². The van der Waals surface area contributed by atoms with Crippen LogP contribution in [-0.2, 0) is 4.43 Å². The van der Waals surface area contributed by atoms with Crippen LogP contribution in [0, 0.1) is 5.82 Å². The molecule has 1 aromatic rings. The molecule has 0 spiro atoms. The molecule has 0 aromatic heterocycles. The molecule has 0 heterocycles. The maximum Gasteiger partial charge on any atom is 0.192 e. The first kappa shape index (κ1) is 23.5. The fourth-order valence-corrected chi connectivity index (χ4v) is 3.47. The van der Waals surface area contributed by atoms with Gasteiger partial charge >= 0.3 is 0 Å². The lowest BCUT2D eigenvalue weighted by molar-refractivity contribution is 0.101. The second-order valence-corrected chi connectivity index (χ2v) is 13.0. The molecule has 0 amide bonds. The Kier molecular flexibility index (Phi) is 7.95. The van der Waals surface area contributed by atoms with E-state index < -0.39 is 20.2 Å². The maximum atomic E-state index is 14.9. The Morgan fingerprint density at radius 3 is 2.44 bits per heavy atom. The molecule has 6 nitrogen and oxygen atoms in total. The van der Waals surface area contributed by atoms with Crippen LogP contribution in [0.25, 0.3) is 0 Å². The molecule has 0 saturated heterocycles. The smallest absolute Gasteiger partial charge is 0.192 e. The molecule has 0 saturated carbocycles. The summed E-state index contributed by atoms with van der Waals surface area (Å²) in [5.74, 6) is 4.34. The quantitative estimate of drug-likeness (QED) is 0.200. The summed E-state index contributed by atoms with van der Waals surface area (Å²) in [7, 11) is -2.14. The molecule has 1 unspecified atom stereocenters. The summed E-state index contributed by atoms with van der Waals surface area (Å²) in [6, 6.07) is 0.376. The number of nitrogens with two attached hydrogens (primary N) is 1. The number of nitrogens with zero attached hydrogens (tertiary/aromatic N) is 2. The average molecular weight is 418 g/mol. The van der Waals surface area contributed by atoms with E-state index in [-0.39, 0.29) is 45.9 Å². The molecule has 1 atom stereocenters. The molecule has 1 rings (SSSR count). The van der Waals surface area contributed by atoms with Gasteiger partial charge in [0.2, 0.25) is 0 Å². The number of rotatable bonds is 8. The van der Waals surface area contributed by atoms with Gasteiger partial charge in [-0.05, 0) is 38.0 Å². The number of benzene rings is 1. The van der Waals surface area contributed by atoms with Gasteiger partial charge in [-0.15, -0.1) is 0 Å². The van der Waals surface area contributed by atoms with Crippen LogP contribution < -0.4 is 10.6 Å². The Morgan fingerprint density at radius 2 is 2.00 bits per heavy atom. The predicted octanol–water partition coefficient (Wildman–Crippen LogP) is 5.47. The van der Waals surface area contributed by atoms with Gasteiger partial charge in [0.15, 0.2) is 19.9 Å². The minimum atomic E-state index is -2.14. The van der Waals surface area contributed by atoms with Gasteiger partial charge in [0.1, 0.15) is 11.8 Å². The third kappa shape index (κ3) is 5.49. The summed E-state index contributed by atoms with van der Waals surface area (Å²) in [4.78, 5) is 12.0. The van der Waals surface area contributed by atoms with Crippen molar-refractivity contribution in [1.82, 2.24) is 0 Å². The molecule has 0 aliphatic carbocycles. The lowest BCUT2D eigenvalue weighted by Crippen LogP contribution is -2.41. The van der Waals surface area contributed by atoms with E-state index in [2.05, 4.69) is 44.2 Å². The highest BCUT2D eigenvalue weighted by Crippen LogP contribution is 2.41. The highest BCUT2D eigenvalue weighted by molar-refractivity contribution is 6.74. The van der Waals surface area contributed by atoms with E-state index in [1.807, 2.05) is 0 Å². The largest absolute Gasteiger partial charge is 0.493 e. The highest BCUT2D eigenvalue weighted by Gasteiger charge is 2.38. The second-order valence-electron chi connectivity index (χ2n) is 7.77. The first-order valence-electron chi connectivity index (χ1n) is 8.77. The van der Waals surface area contributed by atoms with Crippen molar-refractivity contribution in [2.75, 3.05) is 13.2 Å². The van der Waals surface area contributed by atoms with E-state index in [9.17, 15) is 9.18 Å². The number of carbonyl (C=O) groups excluding carboxylic acids is 1. The van der Waals surface area contributed by atoms with Crippen molar-refractivity contribution in [3.63, 3.8) is 0 Å². The van der Waals surface area contributed by atoms with Crippen LogP contribution in [-0.4, -0.2) is 27.3 Å². The molecule has 0 radical (unpaired) electrons. The number of ketones is 1. The van der Waals surface area contributed by atoms with Crippen molar-refractivity contribution >= 4 is 25.7 Å². The fraction of sp³-hybridized carbons (Fsp3) is 0.611. The molecule has 0 bridgehead atoms. The van der Waals surface area contributed by atoms with Gasteiger partial charge in [-0.25, -0.2) is 4.39 Å². The van der Waals surface area contributed by atoms with Gasteiger partial charge in [-0.1, -0.05) is 37.6 Å². The van der Waals surface area contributed by atoms with Crippen molar-refractivity contribution in [3.05, 3.63) is 28.0 Å². The summed E-state index contributed by atoms with van der Waals surface area (Å²) < 4.78 is 26.7. The maximum absolute atomic E-state index is 14.9. The lowest BCUT2D eigenvalue weighted by Gasteiger charge is -2.37. The minimum absolute atomic E-state index is 0.0301. The first-order chi connectivity index (χ1) is 12.4. The summed E-state index contributed by atoms with van der Waals surface area (Å²) in [6.45, 7) is 13.8. The third-order valence-corrected chi connectivity index (χ3v) is 9.60. The van der Waals surface area contributed by atoms with E-state index >= 15 is 0 Å². The van der Waals surface area contributed by atoms with Crippen LogP contribution in [0.5, 0.6) is 5.75 Å². The van der Waals surface area contributed by atoms with E-state index in [1.165, 1.54) is 13.0 Å². The number of Topliss-reactive ketones (excluding diaryl/α,β-unsaturated/α-hetero) is 1. The molecule has 2 N–H and O–H groups in total. The summed E-state index contributed by atoms with van der Waals surface area (Å²) >= 11 is 6.02. The zero-order valence-electron chi connectivity index (χ0n) is 17.0. The molecular formula is C18H29ClFN3O3Si. The van der Waals surface area contributed by atoms with Crippen molar-refractivity contribution in [3.8, 4) is 5.75 Å². The van der Waals surface area contributed by atoms with E-state index in [0.29, 0.717) is 0 Å². The van der Waals surface area contributed by atoms with Crippen LogP contribution in [0.3, 0.4) is 0 Å². The van der Waals surface area contributed by atoms with Crippen molar-refractivity contribution in [1.29, 1.82) is 0 Å². The standard InChI is InChI=1S/C18H29ClFN3O3Si/c1-8-25-17-12(11(2)24)9-13(19)16(20)15(17)14(22-23-21)10-26-27(6,7)18(3,4)5/h9,14H,8,10H2,1-7H3,(H2,21,22). The van der Waals surface area contributed by atoms with Crippen LogP contribution in [0.2, 0.25) is 23.2 Å². The van der Waals surface area contributed by atoms with Gasteiger partial charge in [0, 0.05) is 0 Å². The van der Waals surface area contributed by atoms with Gasteiger partial charge in [-0.3, -0.25) is 4.79 Å². The van der Waals surface area contributed by atoms with Crippen molar-refractivity contribution < 1.29 is 18.3 Å².